The van der Waals surface area contributed by atoms with Gasteiger partial charge >= 0.3 is 5.69 Å². The van der Waals surface area contributed by atoms with Gasteiger partial charge in [-0.25, -0.2) is 9.18 Å². The maximum absolute atomic E-state index is 13.5. The van der Waals surface area contributed by atoms with Gasteiger partial charge in [0.05, 0.1) is 6.54 Å². The molecule has 0 radical (unpaired) electrons. The van der Waals surface area contributed by atoms with E-state index in [9.17, 15) is 9.18 Å². The lowest BCUT2D eigenvalue weighted by Crippen LogP contribution is -2.24. The van der Waals surface area contributed by atoms with Crippen LogP contribution in [0.3, 0.4) is 0 Å². The molecule has 0 aliphatic heterocycles. The van der Waals surface area contributed by atoms with Gasteiger partial charge in [-0.1, -0.05) is 12.2 Å². The van der Waals surface area contributed by atoms with Crippen molar-refractivity contribution in [1.29, 1.82) is 0 Å². The fraction of sp³-hybridized carbons (Fsp3) is 0.231. The quantitative estimate of drug-likeness (QED) is 0.863. The predicted octanol–water partition coefficient (Wildman–Crippen LogP) is 1.49. The SMILES string of the molecule is CCn1ccn(Cc2cc(F)cc(C(N)=S)c2)c1=O. The third-order valence-corrected chi connectivity index (χ3v) is 3.09. The van der Waals surface area contributed by atoms with Crippen molar-refractivity contribution in [2.24, 2.45) is 5.73 Å². The molecule has 1 heterocycles. The molecule has 0 aliphatic carbocycles. The molecule has 1 aromatic heterocycles. The van der Waals surface area contributed by atoms with Crippen LogP contribution in [0, 0.1) is 5.82 Å². The van der Waals surface area contributed by atoms with Crippen molar-refractivity contribution in [2.45, 2.75) is 20.0 Å². The number of hydrogen-bond acceptors (Lipinski definition) is 2. The Morgan fingerprint density at radius 3 is 2.58 bits per heavy atom. The van der Waals surface area contributed by atoms with Crippen LogP contribution in [0.25, 0.3) is 0 Å². The molecule has 0 amide bonds. The lowest BCUT2D eigenvalue weighted by molar-refractivity contribution is 0.620. The minimum absolute atomic E-state index is 0.122. The molecular weight excluding hydrogens is 265 g/mol. The first-order valence-electron chi connectivity index (χ1n) is 5.86. The van der Waals surface area contributed by atoms with Crippen molar-refractivity contribution in [3.8, 4) is 0 Å². The van der Waals surface area contributed by atoms with Gasteiger partial charge in [-0.3, -0.25) is 9.13 Å². The van der Waals surface area contributed by atoms with E-state index in [0.717, 1.165) is 0 Å². The number of aryl methyl sites for hydroxylation is 1. The smallest absolute Gasteiger partial charge is 0.328 e. The van der Waals surface area contributed by atoms with E-state index in [0.29, 0.717) is 24.2 Å². The number of thiocarbonyl (C=S) groups is 1. The number of halogens is 1. The van der Waals surface area contributed by atoms with E-state index >= 15 is 0 Å². The molecule has 0 atom stereocenters. The zero-order valence-electron chi connectivity index (χ0n) is 10.5. The van der Waals surface area contributed by atoms with E-state index in [4.69, 9.17) is 18.0 Å². The fourth-order valence-electron chi connectivity index (χ4n) is 1.90. The molecule has 0 fully saturated rings. The van der Waals surface area contributed by atoms with Gasteiger partial charge in [0.2, 0.25) is 0 Å². The number of hydrogen-bond donors (Lipinski definition) is 1. The van der Waals surface area contributed by atoms with Crippen molar-refractivity contribution >= 4 is 17.2 Å². The predicted molar refractivity (Wildman–Crippen MR) is 75.8 cm³/mol. The molecule has 2 N–H and O–H groups in total. The van der Waals surface area contributed by atoms with E-state index in [2.05, 4.69) is 0 Å². The number of imidazole rings is 1. The van der Waals surface area contributed by atoms with Crippen LogP contribution in [0.2, 0.25) is 0 Å². The second-order valence-corrected chi connectivity index (χ2v) is 4.65. The largest absolute Gasteiger partial charge is 0.389 e. The Balaban J connectivity index is 2.35. The van der Waals surface area contributed by atoms with Crippen LogP contribution in [-0.2, 0) is 13.1 Å². The minimum atomic E-state index is -0.414. The number of benzene rings is 1. The van der Waals surface area contributed by atoms with Gasteiger partial charge in [-0.05, 0) is 30.7 Å². The van der Waals surface area contributed by atoms with E-state index < -0.39 is 5.82 Å². The Kier molecular flexibility index (Phi) is 3.80. The minimum Gasteiger partial charge on any atom is -0.389 e. The van der Waals surface area contributed by atoms with Crippen molar-refractivity contribution in [1.82, 2.24) is 9.13 Å². The molecule has 0 bridgehead atoms. The summed E-state index contributed by atoms with van der Waals surface area (Å²) in [6.07, 6.45) is 3.38. The van der Waals surface area contributed by atoms with Gasteiger partial charge in [-0.2, -0.15) is 0 Å². The Bertz CT molecular complexity index is 675. The van der Waals surface area contributed by atoms with E-state index in [-0.39, 0.29) is 10.7 Å². The van der Waals surface area contributed by atoms with Crippen molar-refractivity contribution in [2.75, 3.05) is 0 Å². The van der Waals surface area contributed by atoms with Crippen molar-refractivity contribution in [3.63, 3.8) is 0 Å². The topological polar surface area (TPSA) is 52.9 Å². The second-order valence-electron chi connectivity index (χ2n) is 4.21. The highest BCUT2D eigenvalue weighted by atomic mass is 32.1. The van der Waals surface area contributed by atoms with Gasteiger partial charge < -0.3 is 5.73 Å². The highest BCUT2D eigenvalue weighted by Gasteiger charge is 2.06. The molecular formula is C13H14FN3OS. The molecule has 100 valence electrons. The summed E-state index contributed by atoms with van der Waals surface area (Å²) in [4.78, 5) is 12.0. The first kappa shape index (κ1) is 13.5. The van der Waals surface area contributed by atoms with Crippen LogP contribution in [-0.4, -0.2) is 14.1 Å². The van der Waals surface area contributed by atoms with Crippen LogP contribution < -0.4 is 11.4 Å². The van der Waals surface area contributed by atoms with E-state index in [1.807, 2.05) is 6.92 Å². The lowest BCUT2D eigenvalue weighted by atomic mass is 10.1. The maximum atomic E-state index is 13.5. The summed E-state index contributed by atoms with van der Waals surface area (Å²) in [5, 5.41) is 0. The standard InChI is InChI=1S/C13H14FN3OS/c1-2-16-3-4-17(13(16)18)8-9-5-10(12(15)19)7-11(14)6-9/h3-7H,2,8H2,1H3,(H2,15,19). The van der Waals surface area contributed by atoms with Gasteiger partial charge in [0.15, 0.2) is 0 Å². The highest BCUT2D eigenvalue weighted by molar-refractivity contribution is 7.80. The second kappa shape index (κ2) is 5.36. The van der Waals surface area contributed by atoms with Crippen LogP contribution in [0.5, 0.6) is 0 Å². The molecule has 6 heteroatoms. The van der Waals surface area contributed by atoms with E-state index in [1.165, 1.54) is 16.7 Å². The monoisotopic (exact) mass is 279 g/mol. The molecule has 4 nitrogen and oxygen atoms in total. The van der Waals surface area contributed by atoms with Gasteiger partial charge in [-0.15, -0.1) is 0 Å². The Labute approximate surface area is 115 Å². The summed E-state index contributed by atoms with van der Waals surface area (Å²) >= 11 is 4.83. The average Bonchev–Trinajstić information content (AvgIpc) is 2.70. The number of rotatable bonds is 4. The molecule has 0 saturated heterocycles. The van der Waals surface area contributed by atoms with Crippen molar-refractivity contribution < 1.29 is 4.39 Å². The Morgan fingerprint density at radius 2 is 2.00 bits per heavy atom. The van der Waals surface area contributed by atoms with Crippen LogP contribution in [0.15, 0.2) is 35.4 Å². The van der Waals surface area contributed by atoms with E-state index in [1.54, 1.807) is 23.0 Å². The molecule has 0 aliphatic rings. The zero-order chi connectivity index (χ0) is 14.0. The molecule has 0 unspecified atom stereocenters. The molecule has 2 aromatic rings. The average molecular weight is 279 g/mol. The highest BCUT2D eigenvalue weighted by Crippen LogP contribution is 2.10. The molecule has 2 rings (SSSR count). The van der Waals surface area contributed by atoms with Crippen molar-refractivity contribution in [3.05, 3.63) is 58.0 Å². The normalized spacial score (nSPS) is 10.6. The van der Waals surface area contributed by atoms with Crippen LogP contribution in [0.1, 0.15) is 18.1 Å². The Morgan fingerprint density at radius 1 is 1.32 bits per heavy atom. The summed E-state index contributed by atoms with van der Waals surface area (Å²) in [7, 11) is 0. The summed E-state index contributed by atoms with van der Waals surface area (Å²) in [5.74, 6) is -0.414. The van der Waals surface area contributed by atoms with Gasteiger partial charge in [0, 0.05) is 24.5 Å². The Hall–Kier alpha value is -1.95. The zero-order valence-corrected chi connectivity index (χ0v) is 11.3. The third kappa shape index (κ3) is 2.90. The molecule has 1 aromatic carbocycles. The number of aromatic nitrogens is 2. The van der Waals surface area contributed by atoms with Gasteiger partial charge in [0.25, 0.3) is 0 Å². The summed E-state index contributed by atoms with van der Waals surface area (Å²) in [6, 6.07) is 4.35. The molecule has 0 spiro atoms. The maximum Gasteiger partial charge on any atom is 0.328 e. The number of nitrogens with two attached hydrogens (primary N) is 1. The third-order valence-electron chi connectivity index (χ3n) is 2.85. The summed E-state index contributed by atoms with van der Waals surface area (Å²) in [6.45, 7) is 2.78. The molecule has 0 saturated carbocycles. The van der Waals surface area contributed by atoms with Gasteiger partial charge in [0.1, 0.15) is 10.8 Å². The fourth-order valence-corrected chi connectivity index (χ4v) is 2.01. The molecule has 19 heavy (non-hydrogen) atoms. The first-order valence-corrected chi connectivity index (χ1v) is 6.27. The summed E-state index contributed by atoms with van der Waals surface area (Å²) in [5.41, 5.74) is 6.49. The summed E-state index contributed by atoms with van der Waals surface area (Å²) < 4.78 is 16.5. The van der Waals surface area contributed by atoms with Crippen LogP contribution >= 0.6 is 12.2 Å². The van der Waals surface area contributed by atoms with Crippen LogP contribution in [0.4, 0.5) is 4.39 Å². The first-order chi connectivity index (χ1) is 9.01. The lowest BCUT2D eigenvalue weighted by Gasteiger charge is -2.05. The number of nitrogens with zero attached hydrogens (tertiary/aromatic N) is 2.